The summed E-state index contributed by atoms with van der Waals surface area (Å²) in [5, 5.41) is 0. The summed E-state index contributed by atoms with van der Waals surface area (Å²) in [6, 6.07) is 10.9. The Morgan fingerprint density at radius 1 is 1.21 bits per heavy atom. The van der Waals surface area contributed by atoms with Crippen LogP contribution in [0, 0.1) is 0 Å². The number of hydrazine groups is 1. The lowest BCUT2D eigenvalue weighted by atomic mass is 9.68. The Hall–Kier alpha value is -1.12. The van der Waals surface area contributed by atoms with Gasteiger partial charge in [-0.1, -0.05) is 63.3 Å². The van der Waals surface area contributed by atoms with Gasteiger partial charge in [-0.3, -0.25) is 11.3 Å². The van der Waals surface area contributed by atoms with Gasteiger partial charge in [-0.25, -0.2) is 0 Å². The van der Waals surface area contributed by atoms with Gasteiger partial charge >= 0.3 is 0 Å². The Morgan fingerprint density at radius 3 is 2.21 bits per heavy atom. The molecular formula is C17H28N2. The molecule has 2 nitrogen and oxygen atoms in total. The van der Waals surface area contributed by atoms with Crippen LogP contribution < -0.4 is 11.3 Å². The molecule has 0 spiro atoms. The second-order valence-corrected chi connectivity index (χ2v) is 5.26. The van der Waals surface area contributed by atoms with Crippen LogP contribution in [0.5, 0.6) is 0 Å². The standard InChI is InChI=1S/C17H28N2/c1-5-14(4)13-16(19-18)17(6-2,7-3)15-11-9-8-10-12-15/h8-12,16,19H,4-7,13,18H2,1-3H3. The minimum atomic E-state index is 0.0775. The molecule has 0 bridgehead atoms. The second-order valence-electron chi connectivity index (χ2n) is 5.26. The van der Waals surface area contributed by atoms with E-state index in [4.69, 9.17) is 5.84 Å². The minimum absolute atomic E-state index is 0.0775. The molecule has 1 aromatic carbocycles. The third-order valence-corrected chi connectivity index (χ3v) is 4.47. The summed E-state index contributed by atoms with van der Waals surface area (Å²) in [4.78, 5) is 0. The normalized spacial score (nSPS) is 13.3. The fraction of sp³-hybridized carbons (Fsp3) is 0.529. The molecule has 1 rings (SSSR count). The van der Waals surface area contributed by atoms with Crippen LogP contribution in [0.3, 0.4) is 0 Å². The highest BCUT2D eigenvalue weighted by Gasteiger charge is 2.36. The molecule has 3 N–H and O–H groups in total. The van der Waals surface area contributed by atoms with E-state index in [9.17, 15) is 0 Å². The molecular weight excluding hydrogens is 232 g/mol. The smallest absolute Gasteiger partial charge is 0.0344 e. The van der Waals surface area contributed by atoms with Gasteiger partial charge in [0.15, 0.2) is 0 Å². The quantitative estimate of drug-likeness (QED) is 0.422. The molecule has 0 saturated heterocycles. The second kappa shape index (κ2) is 7.46. The van der Waals surface area contributed by atoms with E-state index < -0.39 is 0 Å². The predicted molar refractivity (Wildman–Crippen MR) is 83.9 cm³/mol. The number of benzene rings is 1. The topological polar surface area (TPSA) is 38.0 Å². The van der Waals surface area contributed by atoms with E-state index in [-0.39, 0.29) is 11.5 Å². The maximum atomic E-state index is 5.86. The molecule has 0 heterocycles. The van der Waals surface area contributed by atoms with Crippen LogP contribution in [0.1, 0.15) is 52.0 Å². The summed E-state index contributed by atoms with van der Waals surface area (Å²) in [6.07, 6.45) is 4.08. The number of nitrogens with two attached hydrogens (primary N) is 1. The first-order valence-corrected chi connectivity index (χ1v) is 7.32. The number of rotatable bonds is 8. The highest BCUT2D eigenvalue weighted by atomic mass is 15.2. The Labute approximate surface area is 118 Å². The van der Waals surface area contributed by atoms with Crippen molar-refractivity contribution in [3.05, 3.63) is 48.0 Å². The van der Waals surface area contributed by atoms with Crippen molar-refractivity contribution in [1.82, 2.24) is 5.43 Å². The highest BCUT2D eigenvalue weighted by molar-refractivity contribution is 5.28. The van der Waals surface area contributed by atoms with Gasteiger partial charge < -0.3 is 0 Å². The lowest BCUT2D eigenvalue weighted by Gasteiger charge is -2.40. The van der Waals surface area contributed by atoms with Crippen LogP contribution >= 0.6 is 0 Å². The van der Waals surface area contributed by atoms with Crippen molar-refractivity contribution in [3.8, 4) is 0 Å². The Bertz CT molecular complexity index is 380. The fourth-order valence-corrected chi connectivity index (χ4v) is 2.97. The number of hydrogen-bond donors (Lipinski definition) is 2. The SMILES string of the molecule is C=C(CC)CC(NN)C(CC)(CC)c1ccccc1. The van der Waals surface area contributed by atoms with E-state index in [1.807, 2.05) is 0 Å². The molecule has 0 saturated carbocycles. The molecule has 1 unspecified atom stereocenters. The van der Waals surface area contributed by atoms with E-state index >= 15 is 0 Å². The van der Waals surface area contributed by atoms with Crippen LogP contribution in [-0.4, -0.2) is 6.04 Å². The Kier molecular flexibility index (Phi) is 6.26. The van der Waals surface area contributed by atoms with Crippen molar-refractivity contribution in [2.24, 2.45) is 5.84 Å². The zero-order chi connectivity index (χ0) is 14.3. The molecule has 1 aromatic rings. The zero-order valence-electron chi connectivity index (χ0n) is 12.6. The Morgan fingerprint density at radius 2 is 1.79 bits per heavy atom. The summed E-state index contributed by atoms with van der Waals surface area (Å²) in [5.74, 6) is 5.86. The monoisotopic (exact) mass is 260 g/mol. The number of nitrogens with one attached hydrogen (secondary N) is 1. The van der Waals surface area contributed by atoms with Gasteiger partial charge in [0.2, 0.25) is 0 Å². The lowest BCUT2D eigenvalue weighted by Crippen LogP contribution is -2.51. The van der Waals surface area contributed by atoms with Crippen LogP contribution in [0.25, 0.3) is 0 Å². The van der Waals surface area contributed by atoms with Gasteiger partial charge in [0.1, 0.15) is 0 Å². The average molecular weight is 260 g/mol. The molecule has 0 amide bonds. The van der Waals surface area contributed by atoms with Gasteiger partial charge in [0.25, 0.3) is 0 Å². The summed E-state index contributed by atoms with van der Waals surface area (Å²) in [6.45, 7) is 10.8. The van der Waals surface area contributed by atoms with Crippen molar-refractivity contribution in [2.45, 2.75) is 57.9 Å². The Balaban J connectivity index is 3.12. The first kappa shape index (κ1) is 15.9. The van der Waals surface area contributed by atoms with E-state index in [1.54, 1.807) is 0 Å². The van der Waals surface area contributed by atoms with Crippen molar-refractivity contribution < 1.29 is 0 Å². The molecule has 0 aromatic heterocycles. The van der Waals surface area contributed by atoms with Gasteiger partial charge in [-0.15, -0.1) is 0 Å². The predicted octanol–water partition coefficient (Wildman–Crippen LogP) is 3.93. The maximum absolute atomic E-state index is 5.86. The van der Waals surface area contributed by atoms with E-state index in [0.29, 0.717) is 0 Å². The minimum Gasteiger partial charge on any atom is -0.271 e. The summed E-state index contributed by atoms with van der Waals surface area (Å²) in [7, 11) is 0. The molecule has 0 radical (unpaired) electrons. The summed E-state index contributed by atoms with van der Waals surface area (Å²) < 4.78 is 0. The van der Waals surface area contributed by atoms with E-state index in [1.165, 1.54) is 11.1 Å². The third kappa shape index (κ3) is 3.46. The molecule has 0 fully saturated rings. The van der Waals surface area contributed by atoms with Gasteiger partial charge in [0, 0.05) is 11.5 Å². The third-order valence-electron chi connectivity index (χ3n) is 4.47. The van der Waals surface area contributed by atoms with Crippen molar-refractivity contribution in [2.75, 3.05) is 0 Å². The molecule has 0 aliphatic carbocycles. The van der Waals surface area contributed by atoms with Crippen molar-refractivity contribution in [3.63, 3.8) is 0 Å². The largest absolute Gasteiger partial charge is 0.271 e. The average Bonchev–Trinajstić information content (AvgIpc) is 2.48. The molecule has 2 heteroatoms. The van der Waals surface area contributed by atoms with Crippen LogP contribution in [0.15, 0.2) is 42.5 Å². The summed E-state index contributed by atoms with van der Waals surface area (Å²) in [5.41, 5.74) is 5.75. The van der Waals surface area contributed by atoms with E-state index in [0.717, 1.165) is 25.7 Å². The first-order valence-electron chi connectivity index (χ1n) is 7.32. The number of hydrogen-bond acceptors (Lipinski definition) is 2. The first-order chi connectivity index (χ1) is 9.14. The molecule has 0 aliphatic heterocycles. The molecule has 1 atom stereocenters. The molecule has 106 valence electrons. The summed E-state index contributed by atoms with van der Waals surface area (Å²) >= 11 is 0. The molecule has 19 heavy (non-hydrogen) atoms. The van der Waals surface area contributed by atoms with Crippen molar-refractivity contribution in [1.29, 1.82) is 0 Å². The maximum Gasteiger partial charge on any atom is 0.0344 e. The van der Waals surface area contributed by atoms with Crippen molar-refractivity contribution >= 4 is 0 Å². The van der Waals surface area contributed by atoms with E-state index in [2.05, 4.69) is 63.1 Å². The van der Waals surface area contributed by atoms with Crippen LogP contribution in [0.2, 0.25) is 0 Å². The lowest BCUT2D eigenvalue weighted by molar-refractivity contribution is 0.269. The molecule has 0 aliphatic rings. The van der Waals surface area contributed by atoms with Gasteiger partial charge in [0.05, 0.1) is 0 Å². The van der Waals surface area contributed by atoms with Gasteiger partial charge in [-0.05, 0) is 31.2 Å². The zero-order valence-corrected chi connectivity index (χ0v) is 12.6. The van der Waals surface area contributed by atoms with Crippen LogP contribution in [-0.2, 0) is 5.41 Å². The fourth-order valence-electron chi connectivity index (χ4n) is 2.97. The van der Waals surface area contributed by atoms with Crippen LogP contribution in [0.4, 0.5) is 0 Å². The van der Waals surface area contributed by atoms with Gasteiger partial charge in [-0.2, -0.15) is 0 Å². The highest BCUT2D eigenvalue weighted by Crippen LogP contribution is 2.37.